The molecule has 276 valence electrons. The van der Waals surface area contributed by atoms with E-state index in [-0.39, 0.29) is 31.1 Å². The van der Waals surface area contributed by atoms with E-state index in [0.717, 1.165) is 36.6 Å². The molecule has 3 saturated carbocycles. The minimum Gasteiger partial charge on any atom is -0.497 e. The zero-order valence-corrected chi connectivity index (χ0v) is 30.2. The van der Waals surface area contributed by atoms with E-state index in [2.05, 4.69) is 22.5 Å². The summed E-state index contributed by atoms with van der Waals surface area (Å²) in [6.07, 6.45) is 7.24. The first kappa shape index (κ1) is 36.8. The van der Waals surface area contributed by atoms with Gasteiger partial charge in [0.2, 0.25) is 17.7 Å². The average Bonchev–Trinajstić information content (AvgIpc) is 3.72. The maximum atomic E-state index is 14.2. The van der Waals surface area contributed by atoms with Crippen molar-refractivity contribution in [2.45, 2.75) is 82.9 Å². The Balaban J connectivity index is 1.26. The molecule has 11 heteroatoms. The van der Waals surface area contributed by atoms with E-state index in [4.69, 9.17) is 14.5 Å². The minimum atomic E-state index is -1.46. The fourth-order valence-electron chi connectivity index (χ4n) is 7.87. The highest BCUT2D eigenvalue weighted by Crippen LogP contribution is 2.46. The van der Waals surface area contributed by atoms with Crippen LogP contribution in [0.1, 0.15) is 65.2 Å². The van der Waals surface area contributed by atoms with Crippen molar-refractivity contribution in [1.82, 2.24) is 20.9 Å². The summed E-state index contributed by atoms with van der Waals surface area (Å²) in [5.74, 6) is -3.14. The van der Waals surface area contributed by atoms with Crippen LogP contribution in [-0.4, -0.2) is 65.1 Å². The molecule has 0 spiro atoms. The Kier molecular flexibility index (Phi) is 11.2. The summed E-state index contributed by atoms with van der Waals surface area (Å²) in [6, 6.07) is 16.3. The summed E-state index contributed by atoms with van der Waals surface area (Å²) in [6.45, 7) is 8.06. The van der Waals surface area contributed by atoms with Crippen molar-refractivity contribution in [2.24, 2.45) is 29.6 Å². The van der Waals surface area contributed by atoms with Gasteiger partial charge >= 0.3 is 5.97 Å². The third-order valence-corrected chi connectivity index (χ3v) is 11.1. The maximum Gasteiger partial charge on any atom is 0.330 e. The third-order valence-electron chi connectivity index (χ3n) is 11.1. The van der Waals surface area contributed by atoms with Gasteiger partial charge < -0.3 is 30.5 Å². The van der Waals surface area contributed by atoms with Gasteiger partial charge in [0.1, 0.15) is 29.2 Å². The lowest BCUT2D eigenvalue weighted by Gasteiger charge is -2.27. The van der Waals surface area contributed by atoms with Crippen molar-refractivity contribution in [2.75, 3.05) is 13.7 Å². The molecule has 0 radical (unpaired) electrons. The Morgan fingerprint density at radius 3 is 2.35 bits per heavy atom. The van der Waals surface area contributed by atoms with E-state index in [0.29, 0.717) is 35.2 Å². The van der Waals surface area contributed by atoms with E-state index < -0.39 is 53.2 Å². The lowest BCUT2D eigenvalue weighted by Crippen LogP contribution is -2.53. The lowest BCUT2D eigenvalue weighted by molar-refractivity contribution is -0.145. The average molecular weight is 711 g/mol. The predicted octanol–water partition coefficient (Wildman–Crippen LogP) is 5.67. The van der Waals surface area contributed by atoms with Crippen LogP contribution in [0.3, 0.4) is 0 Å². The van der Waals surface area contributed by atoms with Gasteiger partial charge in [-0.3, -0.25) is 14.4 Å². The van der Waals surface area contributed by atoms with Crippen molar-refractivity contribution in [3.8, 4) is 22.8 Å². The molecule has 2 aromatic carbocycles. The predicted molar refractivity (Wildman–Crippen MR) is 198 cm³/mol. The van der Waals surface area contributed by atoms with Gasteiger partial charge in [-0.2, -0.15) is 0 Å². The number of carboxylic acid groups (broad SMARTS) is 1. The van der Waals surface area contributed by atoms with E-state index >= 15 is 0 Å². The molecule has 3 aliphatic carbocycles. The number of aromatic nitrogens is 1. The number of hydrogen-bond acceptors (Lipinski definition) is 7. The van der Waals surface area contributed by atoms with Gasteiger partial charge in [0.05, 0.1) is 30.2 Å². The van der Waals surface area contributed by atoms with Gasteiger partial charge in [-0.1, -0.05) is 69.5 Å². The molecule has 3 amide bonds. The number of fused-ring (bicyclic) bond motifs is 1. The molecular weight excluding hydrogens is 660 g/mol. The lowest BCUT2D eigenvalue weighted by atomic mass is 9.89. The van der Waals surface area contributed by atoms with Crippen LogP contribution in [0.2, 0.25) is 0 Å². The van der Waals surface area contributed by atoms with E-state index in [1.807, 2.05) is 68.4 Å². The topological polar surface area (TPSA) is 156 Å². The van der Waals surface area contributed by atoms with E-state index in [1.54, 1.807) is 7.11 Å². The molecule has 4 N–H and O–H groups in total. The molecule has 3 fully saturated rings. The molecular formula is C41H50N4O7. The SMILES string of the molecule is C=CC1CC1(NC(=O)C1CC(Oc2cc(-c3ccccc3)nc3cc(OC)ccc23)CC1C(=O)NC(C(=O)NCC1CCCCC1)C(C)C)C(=O)O. The van der Waals surface area contributed by atoms with Crippen molar-refractivity contribution in [3.63, 3.8) is 0 Å². The second kappa shape index (κ2) is 15.8. The summed E-state index contributed by atoms with van der Waals surface area (Å²) in [5, 5.41) is 19.6. The largest absolute Gasteiger partial charge is 0.497 e. The highest BCUT2D eigenvalue weighted by atomic mass is 16.5. The zero-order chi connectivity index (χ0) is 37.0. The van der Waals surface area contributed by atoms with Crippen LogP contribution in [0, 0.1) is 29.6 Å². The molecule has 3 aliphatic rings. The number of pyridine rings is 1. The van der Waals surface area contributed by atoms with Crippen LogP contribution >= 0.6 is 0 Å². The number of amides is 3. The highest BCUT2D eigenvalue weighted by Gasteiger charge is 2.61. The molecule has 0 saturated heterocycles. The molecule has 0 bridgehead atoms. The minimum absolute atomic E-state index is 0.166. The molecule has 1 aromatic heterocycles. The second-order valence-electron chi connectivity index (χ2n) is 15.0. The first-order chi connectivity index (χ1) is 25.0. The fourth-order valence-corrected chi connectivity index (χ4v) is 7.87. The van der Waals surface area contributed by atoms with Crippen LogP contribution < -0.4 is 25.4 Å². The Hall–Kier alpha value is -4.93. The second-order valence-corrected chi connectivity index (χ2v) is 15.0. The van der Waals surface area contributed by atoms with Crippen LogP contribution in [0.4, 0.5) is 0 Å². The van der Waals surface area contributed by atoms with Gasteiger partial charge in [0, 0.05) is 35.5 Å². The summed E-state index contributed by atoms with van der Waals surface area (Å²) in [5.41, 5.74) is 0.775. The number of nitrogens with zero attached hydrogens (tertiary/aromatic N) is 1. The Labute approximate surface area is 304 Å². The summed E-state index contributed by atoms with van der Waals surface area (Å²) < 4.78 is 12.1. The molecule has 11 nitrogen and oxygen atoms in total. The number of nitrogens with one attached hydrogen (secondary N) is 3. The number of aliphatic carboxylic acids is 1. The quantitative estimate of drug-likeness (QED) is 0.156. The molecule has 3 aromatic rings. The molecule has 1 heterocycles. The normalized spacial score (nSPS) is 24.8. The number of ether oxygens (including phenoxy) is 2. The monoisotopic (exact) mass is 710 g/mol. The zero-order valence-electron chi connectivity index (χ0n) is 30.2. The number of methoxy groups -OCH3 is 1. The van der Waals surface area contributed by atoms with Crippen molar-refractivity contribution < 1.29 is 33.8 Å². The Morgan fingerprint density at radius 2 is 1.71 bits per heavy atom. The first-order valence-electron chi connectivity index (χ1n) is 18.5. The molecule has 6 atom stereocenters. The van der Waals surface area contributed by atoms with Gasteiger partial charge in [-0.05, 0) is 56.1 Å². The number of rotatable bonds is 14. The highest BCUT2D eigenvalue weighted by molar-refractivity contribution is 5.95. The van der Waals surface area contributed by atoms with Gasteiger partial charge in [0.15, 0.2) is 0 Å². The number of carbonyl (C=O) groups excluding carboxylic acids is 3. The van der Waals surface area contributed by atoms with Crippen molar-refractivity contribution in [1.29, 1.82) is 0 Å². The Morgan fingerprint density at radius 1 is 1.00 bits per heavy atom. The van der Waals surface area contributed by atoms with Crippen molar-refractivity contribution >= 4 is 34.6 Å². The Bertz CT molecular complexity index is 1810. The van der Waals surface area contributed by atoms with E-state index in [9.17, 15) is 24.3 Å². The van der Waals surface area contributed by atoms with E-state index in [1.165, 1.54) is 12.5 Å². The molecule has 6 unspecified atom stereocenters. The van der Waals surface area contributed by atoms with Gasteiger partial charge in [0.25, 0.3) is 0 Å². The number of carboxylic acids is 1. The molecule has 0 aliphatic heterocycles. The smallest absolute Gasteiger partial charge is 0.330 e. The molecule has 6 rings (SSSR count). The maximum absolute atomic E-state index is 14.2. The standard InChI is InChI=1S/C41H50N4O7/c1-5-27-22-41(27,40(49)50)45-38(47)32-19-29(18-31(32)37(46)44-36(24(2)3)39(48)42-23-25-12-8-6-9-13-25)52-35-21-33(26-14-10-7-11-15-26)43-34-20-28(51-4)16-17-30(34)35/h5,7,10-11,14-17,20-21,24-25,27,29,31-32,36H,1,6,8-9,12-13,18-19,22-23H2,2-4H3,(H,42,48)(H,44,46)(H,45,47)(H,49,50). The number of benzene rings is 2. The van der Waals surface area contributed by atoms with Crippen LogP contribution in [-0.2, 0) is 19.2 Å². The van der Waals surface area contributed by atoms with Crippen LogP contribution in [0.25, 0.3) is 22.2 Å². The number of hydrogen-bond donors (Lipinski definition) is 4. The van der Waals surface area contributed by atoms with Gasteiger partial charge in [-0.25, -0.2) is 9.78 Å². The molecule has 52 heavy (non-hydrogen) atoms. The first-order valence-corrected chi connectivity index (χ1v) is 18.5. The summed E-state index contributed by atoms with van der Waals surface area (Å²) >= 11 is 0. The number of carbonyl (C=O) groups is 4. The third kappa shape index (κ3) is 7.93. The van der Waals surface area contributed by atoms with Crippen LogP contribution in [0.15, 0.2) is 67.3 Å². The summed E-state index contributed by atoms with van der Waals surface area (Å²) in [7, 11) is 1.59. The summed E-state index contributed by atoms with van der Waals surface area (Å²) in [4.78, 5) is 58.7. The fraction of sp³-hybridized carbons (Fsp3) is 0.488. The van der Waals surface area contributed by atoms with Crippen LogP contribution in [0.5, 0.6) is 11.5 Å². The van der Waals surface area contributed by atoms with Crippen molar-refractivity contribution in [3.05, 3.63) is 67.3 Å². The van der Waals surface area contributed by atoms with Gasteiger partial charge in [-0.15, -0.1) is 6.58 Å².